The third-order valence-electron chi connectivity index (χ3n) is 6.21. The fourth-order valence-corrected chi connectivity index (χ4v) is 5.97. The van der Waals surface area contributed by atoms with Gasteiger partial charge in [-0.15, -0.1) is 10.2 Å². The maximum atomic E-state index is 12.2. The SMILES string of the molecule is N=C(CC1CCC(Cc2nnc(NC(=O)Cc3ccccn3)s2)CC1)SC(N)=NC(=O)Cc1ccccn1. The van der Waals surface area contributed by atoms with E-state index in [9.17, 15) is 9.59 Å². The summed E-state index contributed by atoms with van der Waals surface area (Å²) in [4.78, 5) is 36.5. The molecule has 3 aromatic heterocycles. The van der Waals surface area contributed by atoms with Gasteiger partial charge in [-0.3, -0.25) is 25.0 Å². The number of rotatable bonds is 9. The number of hydrogen-bond donors (Lipinski definition) is 3. The molecule has 4 rings (SSSR count). The van der Waals surface area contributed by atoms with Crippen LogP contribution in [0.3, 0.4) is 0 Å². The van der Waals surface area contributed by atoms with Crippen molar-refractivity contribution < 1.29 is 9.59 Å². The molecule has 0 atom stereocenters. The van der Waals surface area contributed by atoms with Gasteiger partial charge >= 0.3 is 0 Å². The molecule has 1 saturated carbocycles. The van der Waals surface area contributed by atoms with Crippen LogP contribution in [0.2, 0.25) is 0 Å². The van der Waals surface area contributed by atoms with Crippen LogP contribution in [0.25, 0.3) is 0 Å². The van der Waals surface area contributed by atoms with Crippen LogP contribution >= 0.6 is 23.1 Å². The van der Waals surface area contributed by atoms with Crippen LogP contribution in [0.1, 0.15) is 48.5 Å². The van der Waals surface area contributed by atoms with Gasteiger partial charge in [0, 0.05) is 30.2 Å². The molecule has 2 amide bonds. The summed E-state index contributed by atoms with van der Waals surface area (Å²) in [5.74, 6) is 0.401. The van der Waals surface area contributed by atoms with Gasteiger partial charge in [0.15, 0.2) is 5.17 Å². The number of carbonyl (C=O) groups excluding carboxylic acids is 2. The number of aliphatic imine (C=N–C) groups is 1. The van der Waals surface area contributed by atoms with E-state index in [0.29, 0.717) is 39.8 Å². The normalized spacial score (nSPS) is 17.6. The summed E-state index contributed by atoms with van der Waals surface area (Å²) in [6.45, 7) is 0. The van der Waals surface area contributed by atoms with E-state index in [-0.39, 0.29) is 29.8 Å². The number of nitrogens with one attached hydrogen (secondary N) is 2. The molecule has 0 spiro atoms. The van der Waals surface area contributed by atoms with Crippen molar-refractivity contribution in [3.63, 3.8) is 0 Å². The summed E-state index contributed by atoms with van der Waals surface area (Å²) in [7, 11) is 0. The third-order valence-corrected chi connectivity index (χ3v) is 7.78. The molecule has 1 fully saturated rings. The second-order valence-electron chi connectivity index (χ2n) is 9.21. The molecule has 4 N–H and O–H groups in total. The number of amidine groups is 1. The van der Waals surface area contributed by atoms with Gasteiger partial charge in [0.05, 0.1) is 17.9 Å². The molecule has 38 heavy (non-hydrogen) atoms. The standard InChI is InChI=1S/C26H30N8O2S2/c27-21(37-25(28)31-22(35)15-19-5-1-3-11-29-19)13-17-7-9-18(10-8-17)14-24-33-34-26(38-24)32-23(36)16-20-6-2-4-12-30-20/h1-6,11-12,17-18,27H,7-10,13-16H2,(H2,28,31,35)(H,32,34,36). The molecule has 0 aromatic carbocycles. The topological polar surface area (TPSA) is 160 Å². The molecular weight excluding hydrogens is 520 g/mol. The van der Waals surface area contributed by atoms with Gasteiger partial charge in [0.25, 0.3) is 5.91 Å². The number of anilines is 1. The lowest BCUT2D eigenvalue weighted by Crippen LogP contribution is -2.19. The first-order valence-electron chi connectivity index (χ1n) is 12.5. The Hall–Kier alpha value is -3.51. The average molecular weight is 551 g/mol. The number of aromatic nitrogens is 4. The zero-order valence-electron chi connectivity index (χ0n) is 20.9. The van der Waals surface area contributed by atoms with Gasteiger partial charge < -0.3 is 11.1 Å². The Bertz CT molecular complexity index is 1260. The van der Waals surface area contributed by atoms with Crippen molar-refractivity contribution in [2.75, 3.05) is 5.32 Å². The van der Waals surface area contributed by atoms with Crippen molar-refractivity contribution >= 4 is 50.3 Å². The lowest BCUT2D eigenvalue weighted by molar-refractivity contribution is -0.117. The van der Waals surface area contributed by atoms with Crippen LogP contribution in [-0.2, 0) is 28.9 Å². The van der Waals surface area contributed by atoms with Gasteiger partial charge in [-0.2, -0.15) is 4.99 Å². The van der Waals surface area contributed by atoms with Crippen LogP contribution in [-0.4, -0.2) is 42.2 Å². The van der Waals surface area contributed by atoms with Crippen LogP contribution < -0.4 is 11.1 Å². The lowest BCUT2D eigenvalue weighted by Gasteiger charge is -2.27. The molecule has 0 radical (unpaired) electrons. The van der Waals surface area contributed by atoms with Crippen molar-refractivity contribution in [2.45, 2.75) is 51.4 Å². The largest absolute Gasteiger partial charge is 0.378 e. The zero-order chi connectivity index (χ0) is 26.7. The van der Waals surface area contributed by atoms with E-state index in [2.05, 4.69) is 30.5 Å². The van der Waals surface area contributed by atoms with Crippen molar-refractivity contribution in [3.8, 4) is 0 Å². The summed E-state index contributed by atoms with van der Waals surface area (Å²) < 4.78 is 0. The molecule has 198 valence electrons. The van der Waals surface area contributed by atoms with Crippen LogP contribution in [0.4, 0.5) is 5.13 Å². The molecule has 0 aliphatic heterocycles. The van der Waals surface area contributed by atoms with E-state index < -0.39 is 0 Å². The average Bonchev–Trinajstić information content (AvgIpc) is 3.32. The first-order valence-corrected chi connectivity index (χ1v) is 14.1. The predicted molar refractivity (Wildman–Crippen MR) is 150 cm³/mol. The number of hydrogen-bond acceptors (Lipinski definition) is 9. The van der Waals surface area contributed by atoms with Crippen LogP contribution in [0, 0.1) is 17.2 Å². The highest BCUT2D eigenvalue weighted by Gasteiger charge is 2.24. The first kappa shape index (κ1) is 27.5. The van der Waals surface area contributed by atoms with E-state index in [1.807, 2.05) is 24.3 Å². The highest BCUT2D eigenvalue weighted by atomic mass is 32.2. The van der Waals surface area contributed by atoms with E-state index in [4.69, 9.17) is 11.1 Å². The molecular formula is C26H30N8O2S2. The van der Waals surface area contributed by atoms with Crippen LogP contribution in [0.5, 0.6) is 0 Å². The fourth-order valence-electron chi connectivity index (χ4n) is 4.38. The van der Waals surface area contributed by atoms with E-state index >= 15 is 0 Å². The zero-order valence-corrected chi connectivity index (χ0v) is 22.5. The Kier molecular flexibility index (Phi) is 10.0. The number of pyridine rings is 2. The van der Waals surface area contributed by atoms with Crippen molar-refractivity contribution in [3.05, 3.63) is 65.2 Å². The molecule has 10 nitrogen and oxygen atoms in total. The third kappa shape index (κ3) is 9.10. The maximum absolute atomic E-state index is 12.2. The maximum Gasteiger partial charge on any atom is 0.254 e. The Morgan fingerprint density at radius 1 is 1.00 bits per heavy atom. The number of thioether (sulfide) groups is 1. The molecule has 0 saturated heterocycles. The number of carbonyl (C=O) groups is 2. The summed E-state index contributed by atoms with van der Waals surface area (Å²) in [6, 6.07) is 10.9. The molecule has 0 bridgehead atoms. The van der Waals surface area contributed by atoms with Gasteiger partial charge in [-0.1, -0.05) is 23.5 Å². The smallest absolute Gasteiger partial charge is 0.254 e. The molecule has 1 aliphatic carbocycles. The highest BCUT2D eigenvalue weighted by molar-refractivity contribution is 8.26. The molecule has 1 aliphatic rings. The van der Waals surface area contributed by atoms with E-state index in [1.54, 1.807) is 24.5 Å². The molecule has 3 heterocycles. The monoisotopic (exact) mass is 550 g/mol. The summed E-state index contributed by atoms with van der Waals surface area (Å²) >= 11 is 2.48. The predicted octanol–water partition coefficient (Wildman–Crippen LogP) is 4.04. The van der Waals surface area contributed by atoms with Gasteiger partial charge in [-0.05, 0) is 80.0 Å². The van der Waals surface area contributed by atoms with Gasteiger partial charge in [0.1, 0.15) is 5.01 Å². The Morgan fingerprint density at radius 3 is 2.32 bits per heavy atom. The van der Waals surface area contributed by atoms with Crippen molar-refractivity contribution in [2.24, 2.45) is 22.6 Å². The summed E-state index contributed by atoms with van der Waals surface area (Å²) in [6.07, 6.45) is 9.21. The number of nitrogens with two attached hydrogens (primary N) is 1. The number of amides is 2. The summed E-state index contributed by atoms with van der Waals surface area (Å²) in [5.41, 5.74) is 7.25. The molecule has 0 unspecified atom stereocenters. The Labute approximate surface area is 229 Å². The fraction of sp³-hybridized carbons (Fsp3) is 0.385. The minimum absolute atomic E-state index is 0.0904. The second-order valence-corrected chi connectivity index (χ2v) is 11.4. The molecule has 12 heteroatoms. The highest BCUT2D eigenvalue weighted by Crippen LogP contribution is 2.34. The van der Waals surface area contributed by atoms with Gasteiger partial charge in [0.2, 0.25) is 11.0 Å². The van der Waals surface area contributed by atoms with Crippen molar-refractivity contribution in [1.29, 1.82) is 5.41 Å². The lowest BCUT2D eigenvalue weighted by atomic mass is 9.79. The van der Waals surface area contributed by atoms with Gasteiger partial charge in [-0.25, -0.2) is 0 Å². The Morgan fingerprint density at radius 2 is 1.66 bits per heavy atom. The van der Waals surface area contributed by atoms with E-state index in [0.717, 1.165) is 48.9 Å². The second kappa shape index (κ2) is 13.9. The van der Waals surface area contributed by atoms with Crippen LogP contribution in [0.15, 0.2) is 53.8 Å². The number of nitrogens with zero attached hydrogens (tertiary/aromatic N) is 5. The minimum atomic E-state index is -0.366. The summed E-state index contributed by atoms with van der Waals surface area (Å²) in [5, 5.41) is 21.5. The van der Waals surface area contributed by atoms with E-state index in [1.165, 1.54) is 11.3 Å². The Balaban J connectivity index is 1.15. The minimum Gasteiger partial charge on any atom is -0.378 e. The first-order chi connectivity index (χ1) is 18.4. The van der Waals surface area contributed by atoms with Crippen molar-refractivity contribution in [1.82, 2.24) is 20.2 Å². The molecule has 3 aromatic rings. The quantitative estimate of drug-likeness (QED) is 0.266.